The molecule has 0 aromatic carbocycles. The van der Waals surface area contributed by atoms with Crippen molar-refractivity contribution in [3.63, 3.8) is 0 Å². The first kappa shape index (κ1) is 16.0. The summed E-state index contributed by atoms with van der Waals surface area (Å²) in [4.78, 5) is 18.2. The number of nitrogens with zero attached hydrogens (tertiary/aromatic N) is 5. The second-order valence-electron chi connectivity index (χ2n) is 5.88. The van der Waals surface area contributed by atoms with E-state index in [9.17, 15) is 4.79 Å². The lowest BCUT2D eigenvalue weighted by molar-refractivity contribution is -0.129. The maximum absolute atomic E-state index is 11.8. The number of aryl methyl sites for hydroxylation is 1. The van der Waals surface area contributed by atoms with E-state index in [1.807, 2.05) is 37.2 Å². The van der Waals surface area contributed by atoms with E-state index in [4.69, 9.17) is 0 Å². The molecule has 0 N–H and O–H groups in total. The van der Waals surface area contributed by atoms with Gasteiger partial charge in [-0.1, -0.05) is 0 Å². The minimum atomic E-state index is 0.196. The molecule has 1 aromatic rings. The summed E-state index contributed by atoms with van der Waals surface area (Å²) in [5.74, 6) is 0.196. The third-order valence-electron chi connectivity index (χ3n) is 3.96. The van der Waals surface area contributed by atoms with Crippen LogP contribution in [-0.2, 0) is 11.3 Å². The molecule has 1 fully saturated rings. The molecule has 0 saturated carbocycles. The molecule has 2 heterocycles. The Morgan fingerprint density at radius 1 is 1.14 bits per heavy atom. The number of amides is 1. The molecule has 0 bridgehead atoms. The van der Waals surface area contributed by atoms with Crippen LogP contribution in [0.2, 0.25) is 0 Å². The highest BCUT2D eigenvalue weighted by Crippen LogP contribution is 2.04. The Bertz CT molecular complexity index is 418. The van der Waals surface area contributed by atoms with E-state index in [1.165, 1.54) is 0 Å². The zero-order valence-corrected chi connectivity index (χ0v) is 13.2. The molecule has 6 nitrogen and oxygen atoms in total. The quantitative estimate of drug-likeness (QED) is 0.760. The molecule has 0 unspecified atom stereocenters. The Kier molecular flexibility index (Phi) is 6.20. The zero-order chi connectivity index (χ0) is 15.1. The van der Waals surface area contributed by atoms with E-state index in [2.05, 4.69) is 14.9 Å². The van der Waals surface area contributed by atoms with Crippen LogP contribution in [0.1, 0.15) is 12.8 Å². The first-order valence-corrected chi connectivity index (χ1v) is 7.77. The van der Waals surface area contributed by atoms with E-state index >= 15 is 0 Å². The summed E-state index contributed by atoms with van der Waals surface area (Å²) in [6, 6.07) is 1.96. The number of carbonyl (C=O) groups is 1. The fourth-order valence-corrected chi connectivity index (χ4v) is 2.63. The summed E-state index contributed by atoms with van der Waals surface area (Å²) < 4.78 is 1.99. The molecule has 118 valence electrons. The van der Waals surface area contributed by atoms with Gasteiger partial charge in [-0.25, -0.2) is 0 Å². The summed E-state index contributed by atoms with van der Waals surface area (Å²) >= 11 is 0. The average molecular weight is 293 g/mol. The van der Waals surface area contributed by atoms with Crippen LogP contribution in [0.4, 0.5) is 0 Å². The number of hydrogen-bond acceptors (Lipinski definition) is 4. The predicted octanol–water partition coefficient (Wildman–Crippen LogP) is 0.369. The van der Waals surface area contributed by atoms with E-state index in [-0.39, 0.29) is 5.91 Å². The van der Waals surface area contributed by atoms with Crippen LogP contribution in [0.25, 0.3) is 0 Å². The molecule has 1 aliphatic rings. The van der Waals surface area contributed by atoms with E-state index < -0.39 is 0 Å². The van der Waals surface area contributed by atoms with Gasteiger partial charge < -0.3 is 9.80 Å². The van der Waals surface area contributed by atoms with Crippen molar-refractivity contribution < 1.29 is 4.79 Å². The SMILES string of the molecule is CN(C)C(=O)CN1CCCN(CCCn2cccn2)CC1. The number of rotatable bonds is 6. The fraction of sp³-hybridized carbons (Fsp3) is 0.733. The van der Waals surface area contributed by atoms with Gasteiger partial charge >= 0.3 is 0 Å². The number of likely N-dealkylation sites (N-methyl/N-ethyl adjacent to an activating group) is 1. The summed E-state index contributed by atoms with van der Waals surface area (Å²) in [7, 11) is 3.64. The Morgan fingerprint density at radius 2 is 1.90 bits per heavy atom. The molecule has 0 spiro atoms. The summed E-state index contributed by atoms with van der Waals surface area (Å²) in [6.07, 6.45) is 6.10. The van der Waals surface area contributed by atoms with Gasteiger partial charge in [0.15, 0.2) is 0 Å². The number of hydrogen-bond donors (Lipinski definition) is 0. The Labute approximate surface area is 127 Å². The van der Waals surface area contributed by atoms with Crippen LogP contribution >= 0.6 is 0 Å². The first-order valence-electron chi connectivity index (χ1n) is 7.77. The normalized spacial score (nSPS) is 17.6. The molecular weight excluding hydrogens is 266 g/mol. The molecular formula is C15H27N5O. The van der Waals surface area contributed by atoms with Gasteiger partial charge in [0.25, 0.3) is 0 Å². The van der Waals surface area contributed by atoms with Crippen molar-refractivity contribution in [3.05, 3.63) is 18.5 Å². The highest BCUT2D eigenvalue weighted by atomic mass is 16.2. The van der Waals surface area contributed by atoms with Crippen LogP contribution in [0.15, 0.2) is 18.5 Å². The highest BCUT2D eigenvalue weighted by molar-refractivity contribution is 5.77. The highest BCUT2D eigenvalue weighted by Gasteiger charge is 2.17. The number of aromatic nitrogens is 2. The summed E-state index contributed by atoms with van der Waals surface area (Å²) in [6.45, 7) is 6.83. The van der Waals surface area contributed by atoms with Gasteiger partial charge in [-0.15, -0.1) is 0 Å². The molecule has 21 heavy (non-hydrogen) atoms. The third kappa shape index (κ3) is 5.47. The van der Waals surface area contributed by atoms with Gasteiger partial charge in [0.2, 0.25) is 5.91 Å². The minimum absolute atomic E-state index is 0.196. The minimum Gasteiger partial charge on any atom is -0.348 e. The zero-order valence-electron chi connectivity index (χ0n) is 13.2. The van der Waals surface area contributed by atoms with Gasteiger partial charge in [-0.3, -0.25) is 14.4 Å². The van der Waals surface area contributed by atoms with E-state index in [1.54, 1.807) is 4.90 Å². The van der Waals surface area contributed by atoms with Crippen molar-refractivity contribution in [2.45, 2.75) is 19.4 Å². The van der Waals surface area contributed by atoms with Gasteiger partial charge in [0.05, 0.1) is 6.54 Å². The summed E-state index contributed by atoms with van der Waals surface area (Å²) in [5.41, 5.74) is 0. The van der Waals surface area contributed by atoms with Crippen molar-refractivity contribution in [2.75, 3.05) is 53.4 Å². The van der Waals surface area contributed by atoms with Crippen LogP contribution in [0.5, 0.6) is 0 Å². The molecule has 1 amide bonds. The van der Waals surface area contributed by atoms with Gasteiger partial charge in [-0.05, 0) is 38.5 Å². The van der Waals surface area contributed by atoms with Crippen molar-refractivity contribution in [1.29, 1.82) is 0 Å². The Balaban J connectivity index is 1.67. The molecule has 0 aliphatic carbocycles. The lowest BCUT2D eigenvalue weighted by Gasteiger charge is -2.22. The Hall–Kier alpha value is -1.40. The van der Waals surface area contributed by atoms with Crippen LogP contribution in [0, 0.1) is 0 Å². The standard InChI is InChI=1S/C15H27N5O/c1-17(2)15(21)14-19-9-4-7-18(12-13-19)8-5-11-20-10-3-6-16-20/h3,6,10H,4-5,7-9,11-14H2,1-2H3. The maximum atomic E-state index is 11.8. The van der Waals surface area contributed by atoms with Crippen molar-refractivity contribution in [3.8, 4) is 0 Å². The lowest BCUT2D eigenvalue weighted by atomic mass is 10.3. The molecule has 0 atom stereocenters. The van der Waals surface area contributed by atoms with Gasteiger partial charge in [0.1, 0.15) is 0 Å². The molecule has 0 radical (unpaired) electrons. The van der Waals surface area contributed by atoms with Gasteiger partial charge in [0, 0.05) is 46.1 Å². The molecule has 1 aliphatic heterocycles. The smallest absolute Gasteiger partial charge is 0.236 e. The third-order valence-corrected chi connectivity index (χ3v) is 3.96. The van der Waals surface area contributed by atoms with E-state index in [0.29, 0.717) is 6.54 Å². The molecule has 6 heteroatoms. The monoisotopic (exact) mass is 293 g/mol. The van der Waals surface area contributed by atoms with Crippen molar-refractivity contribution in [2.24, 2.45) is 0 Å². The topological polar surface area (TPSA) is 44.6 Å². The first-order chi connectivity index (χ1) is 10.1. The predicted molar refractivity (Wildman–Crippen MR) is 83.0 cm³/mol. The molecule has 2 rings (SSSR count). The van der Waals surface area contributed by atoms with Crippen molar-refractivity contribution >= 4 is 5.91 Å². The molecule has 1 saturated heterocycles. The summed E-state index contributed by atoms with van der Waals surface area (Å²) in [5, 5.41) is 4.23. The Morgan fingerprint density at radius 3 is 2.62 bits per heavy atom. The van der Waals surface area contributed by atoms with Crippen LogP contribution in [-0.4, -0.2) is 83.8 Å². The van der Waals surface area contributed by atoms with Gasteiger partial charge in [-0.2, -0.15) is 5.10 Å². The molecule has 1 aromatic heterocycles. The van der Waals surface area contributed by atoms with E-state index in [0.717, 1.165) is 52.1 Å². The average Bonchev–Trinajstić information content (AvgIpc) is 2.87. The second kappa shape index (κ2) is 8.14. The van der Waals surface area contributed by atoms with Crippen molar-refractivity contribution in [1.82, 2.24) is 24.5 Å². The maximum Gasteiger partial charge on any atom is 0.236 e. The fourth-order valence-electron chi connectivity index (χ4n) is 2.63. The largest absolute Gasteiger partial charge is 0.348 e. The van der Waals surface area contributed by atoms with Crippen LogP contribution < -0.4 is 0 Å². The second-order valence-corrected chi connectivity index (χ2v) is 5.88. The number of carbonyl (C=O) groups excluding carboxylic acids is 1. The van der Waals surface area contributed by atoms with Crippen LogP contribution in [0.3, 0.4) is 0 Å². The lowest BCUT2D eigenvalue weighted by Crippen LogP contribution is -2.38.